The molecule has 1 unspecified atom stereocenters. The molecule has 2 heterocycles. The quantitative estimate of drug-likeness (QED) is 0.893. The molecule has 1 aromatic heterocycles. The third kappa shape index (κ3) is 3.33. The molecule has 2 amide bonds. The minimum atomic E-state index is -0.0597. The molecule has 0 bridgehead atoms. The summed E-state index contributed by atoms with van der Waals surface area (Å²) in [4.78, 5) is 14.0. The summed E-state index contributed by atoms with van der Waals surface area (Å²) in [6.07, 6.45) is 1.75. The summed E-state index contributed by atoms with van der Waals surface area (Å²) in [5, 5.41) is 12.1. The number of nitrogens with zero attached hydrogens (tertiary/aromatic N) is 1. The number of rotatable bonds is 3. The summed E-state index contributed by atoms with van der Waals surface area (Å²) in [5.41, 5.74) is 1.03. The van der Waals surface area contributed by atoms with Gasteiger partial charge in [0.1, 0.15) is 11.5 Å². The van der Waals surface area contributed by atoms with Gasteiger partial charge in [-0.05, 0) is 45.6 Å². The van der Waals surface area contributed by atoms with E-state index in [2.05, 4.69) is 5.32 Å². The van der Waals surface area contributed by atoms with Crippen molar-refractivity contribution < 1.29 is 14.3 Å². The molecule has 0 saturated carbocycles. The Morgan fingerprint density at radius 1 is 1.50 bits per heavy atom. The fraction of sp³-hybridized carbons (Fsp3) is 0.667. The zero-order chi connectivity index (χ0) is 14.7. The van der Waals surface area contributed by atoms with Crippen molar-refractivity contribution in [2.75, 3.05) is 19.7 Å². The second kappa shape index (κ2) is 6.31. The predicted octanol–water partition coefficient (Wildman–Crippen LogP) is 2.37. The molecule has 1 aromatic rings. The number of furan rings is 1. The normalized spacial score (nSPS) is 18.1. The van der Waals surface area contributed by atoms with Crippen LogP contribution >= 0.6 is 0 Å². The van der Waals surface area contributed by atoms with Gasteiger partial charge >= 0.3 is 6.03 Å². The minimum absolute atomic E-state index is 0.0351. The molecule has 20 heavy (non-hydrogen) atoms. The van der Waals surface area contributed by atoms with E-state index in [4.69, 9.17) is 9.52 Å². The predicted molar refractivity (Wildman–Crippen MR) is 76.5 cm³/mol. The van der Waals surface area contributed by atoms with Crippen molar-refractivity contribution in [1.29, 1.82) is 0 Å². The van der Waals surface area contributed by atoms with Gasteiger partial charge in [-0.25, -0.2) is 4.79 Å². The molecular weight excluding hydrogens is 256 g/mol. The maximum absolute atomic E-state index is 12.2. The number of nitrogens with one attached hydrogen (secondary N) is 1. The largest absolute Gasteiger partial charge is 0.466 e. The molecule has 0 spiro atoms. The van der Waals surface area contributed by atoms with E-state index in [-0.39, 0.29) is 18.7 Å². The first-order valence-electron chi connectivity index (χ1n) is 7.24. The van der Waals surface area contributed by atoms with Gasteiger partial charge in [0.05, 0.1) is 6.04 Å². The van der Waals surface area contributed by atoms with Crippen LogP contribution < -0.4 is 5.32 Å². The van der Waals surface area contributed by atoms with Crippen molar-refractivity contribution in [3.05, 3.63) is 23.2 Å². The molecule has 0 radical (unpaired) electrons. The molecule has 1 saturated heterocycles. The molecule has 1 aliphatic rings. The monoisotopic (exact) mass is 280 g/mol. The Labute approximate surface area is 119 Å². The lowest BCUT2D eigenvalue weighted by atomic mass is 9.98. The number of aryl methyl sites for hydroxylation is 2. The van der Waals surface area contributed by atoms with Crippen LogP contribution in [0.5, 0.6) is 0 Å². The highest BCUT2D eigenvalue weighted by molar-refractivity contribution is 5.74. The number of carbonyl (C=O) groups is 1. The van der Waals surface area contributed by atoms with Crippen LogP contribution in [0, 0.1) is 19.8 Å². The van der Waals surface area contributed by atoms with Crippen molar-refractivity contribution in [3.63, 3.8) is 0 Å². The number of hydrogen-bond donors (Lipinski definition) is 2. The molecule has 0 aromatic carbocycles. The molecule has 2 rings (SSSR count). The number of piperidine rings is 1. The van der Waals surface area contributed by atoms with E-state index in [0.29, 0.717) is 19.0 Å². The summed E-state index contributed by atoms with van der Waals surface area (Å²) >= 11 is 0. The van der Waals surface area contributed by atoms with Gasteiger partial charge in [-0.2, -0.15) is 0 Å². The number of urea groups is 1. The van der Waals surface area contributed by atoms with Crippen molar-refractivity contribution in [3.8, 4) is 0 Å². The number of aliphatic hydroxyl groups excluding tert-OH is 1. The van der Waals surface area contributed by atoms with E-state index in [1.807, 2.05) is 31.7 Å². The van der Waals surface area contributed by atoms with E-state index in [1.165, 1.54) is 0 Å². The second-order valence-electron chi connectivity index (χ2n) is 5.65. The highest BCUT2D eigenvalue weighted by Crippen LogP contribution is 2.22. The Morgan fingerprint density at radius 2 is 2.15 bits per heavy atom. The summed E-state index contributed by atoms with van der Waals surface area (Å²) in [6.45, 7) is 7.44. The lowest BCUT2D eigenvalue weighted by Gasteiger charge is -2.32. The van der Waals surface area contributed by atoms with Gasteiger partial charge in [-0.1, -0.05) is 0 Å². The molecule has 2 N–H and O–H groups in total. The zero-order valence-corrected chi connectivity index (χ0v) is 12.5. The Bertz CT molecular complexity index is 462. The molecular formula is C15H24N2O3. The summed E-state index contributed by atoms with van der Waals surface area (Å²) < 4.78 is 5.50. The average Bonchev–Trinajstić information content (AvgIpc) is 2.78. The molecule has 5 nitrogen and oxygen atoms in total. The number of carbonyl (C=O) groups excluding carboxylic acids is 1. The van der Waals surface area contributed by atoms with Crippen LogP contribution in [-0.4, -0.2) is 35.7 Å². The van der Waals surface area contributed by atoms with Crippen LogP contribution in [0.4, 0.5) is 4.79 Å². The van der Waals surface area contributed by atoms with E-state index >= 15 is 0 Å². The number of aliphatic hydroxyl groups is 1. The van der Waals surface area contributed by atoms with Crippen molar-refractivity contribution >= 4 is 6.03 Å². The van der Waals surface area contributed by atoms with E-state index in [0.717, 1.165) is 29.9 Å². The summed E-state index contributed by atoms with van der Waals surface area (Å²) in [7, 11) is 0. The summed E-state index contributed by atoms with van der Waals surface area (Å²) in [5.74, 6) is 2.06. The van der Waals surface area contributed by atoms with Crippen LogP contribution in [0.25, 0.3) is 0 Å². The SMILES string of the molecule is Cc1cc(C(C)NC(=O)N2CCC(CO)CC2)c(C)o1. The number of hydrogen-bond acceptors (Lipinski definition) is 3. The third-order valence-corrected chi connectivity index (χ3v) is 4.05. The van der Waals surface area contributed by atoms with Crippen LogP contribution in [0.15, 0.2) is 10.5 Å². The summed E-state index contributed by atoms with van der Waals surface area (Å²) in [6, 6.07) is 1.88. The minimum Gasteiger partial charge on any atom is -0.466 e. The molecule has 5 heteroatoms. The highest BCUT2D eigenvalue weighted by Gasteiger charge is 2.24. The number of amides is 2. The first kappa shape index (κ1) is 14.9. The van der Waals surface area contributed by atoms with E-state index < -0.39 is 0 Å². The van der Waals surface area contributed by atoms with Crippen LogP contribution in [0.3, 0.4) is 0 Å². The van der Waals surface area contributed by atoms with Crippen molar-refractivity contribution in [2.24, 2.45) is 5.92 Å². The lowest BCUT2D eigenvalue weighted by molar-refractivity contribution is 0.136. The molecule has 1 atom stereocenters. The lowest BCUT2D eigenvalue weighted by Crippen LogP contribution is -2.45. The first-order valence-corrected chi connectivity index (χ1v) is 7.24. The van der Waals surface area contributed by atoms with Crippen LogP contribution in [0.2, 0.25) is 0 Å². The Balaban J connectivity index is 1.90. The Hall–Kier alpha value is -1.49. The van der Waals surface area contributed by atoms with Gasteiger partial charge in [-0.15, -0.1) is 0 Å². The van der Waals surface area contributed by atoms with Crippen molar-refractivity contribution in [1.82, 2.24) is 10.2 Å². The second-order valence-corrected chi connectivity index (χ2v) is 5.65. The molecule has 1 aliphatic heterocycles. The van der Waals surface area contributed by atoms with Crippen LogP contribution in [0.1, 0.15) is 42.9 Å². The topological polar surface area (TPSA) is 65.7 Å². The van der Waals surface area contributed by atoms with Gasteiger partial charge in [0, 0.05) is 25.3 Å². The molecule has 0 aliphatic carbocycles. The average molecular weight is 280 g/mol. The highest BCUT2D eigenvalue weighted by atomic mass is 16.3. The fourth-order valence-electron chi connectivity index (χ4n) is 2.75. The van der Waals surface area contributed by atoms with E-state index in [1.54, 1.807) is 0 Å². The fourth-order valence-corrected chi connectivity index (χ4v) is 2.75. The standard InChI is InChI=1S/C15H24N2O3/c1-10-8-14(12(3)20-10)11(2)16-15(19)17-6-4-13(9-18)5-7-17/h8,11,13,18H,4-7,9H2,1-3H3,(H,16,19). The zero-order valence-electron chi connectivity index (χ0n) is 12.5. The maximum atomic E-state index is 12.2. The molecule has 112 valence electrons. The van der Waals surface area contributed by atoms with Gasteiger partial charge < -0.3 is 19.7 Å². The van der Waals surface area contributed by atoms with E-state index in [9.17, 15) is 4.79 Å². The van der Waals surface area contributed by atoms with Gasteiger partial charge in [0.15, 0.2) is 0 Å². The van der Waals surface area contributed by atoms with Crippen LogP contribution in [-0.2, 0) is 0 Å². The Kier molecular flexibility index (Phi) is 4.70. The third-order valence-electron chi connectivity index (χ3n) is 4.05. The van der Waals surface area contributed by atoms with Gasteiger partial charge in [0.2, 0.25) is 0 Å². The maximum Gasteiger partial charge on any atom is 0.317 e. The Morgan fingerprint density at radius 3 is 2.65 bits per heavy atom. The number of likely N-dealkylation sites (tertiary alicyclic amines) is 1. The van der Waals surface area contributed by atoms with Crippen molar-refractivity contribution in [2.45, 2.75) is 39.7 Å². The smallest absolute Gasteiger partial charge is 0.317 e. The first-order chi connectivity index (χ1) is 9.51. The molecule has 1 fully saturated rings. The van der Waals surface area contributed by atoms with Gasteiger partial charge in [0.25, 0.3) is 0 Å². The van der Waals surface area contributed by atoms with Gasteiger partial charge in [-0.3, -0.25) is 0 Å².